The van der Waals surface area contributed by atoms with Gasteiger partial charge in [0.25, 0.3) is 5.56 Å². The highest BCUT2D eigenvalue weighted by molar-refractivity contribution is 7.13. The van der Waals surface area contributed by atoms with Gasteiger partial charge >= 0.3 is 0 Å². The Labute approximate surface area is 872 Å². The van der Waals surface area contributed by atoms with E-state index in [-0.39, 0.29) is 59.7 Å². The zero-order chi connectivity index (χ0) is 109. The van der Waals surface area contributed by atoms with Gasteiger partial charge in [-0.3, -0.25) is 72.9 Å². The minimum Gasteiger partial charge on any atom is -0.480 e. The summed E-state index contributed by atoms with van der Waals surface area (Å²) in [6.07, 6.45) is 55.3. The average Bonchev–Trinajstić information content (AvgIpc) is 1.79. The third kappa shape index (κ3) is 37.3. The number of aromatic nitrogens is 32. The molecule has 0 aliphatic carbocycles. The average molecular weight is 2010 g/mol. The number of nitrogens with zero attached hydrogens (tertiary/aromatic N) is 33. The zero-order valence-corrected chi connectivity index (χ0v) is 94.4. The van der Waals surface area contributed by atoms with Crippen LogP contribution in [0.3, 0.4) is 0 Å². The highest BCUT2D eigenvalue weighted by Crippen LogP contribution is 2.31. The quantitative estimate of drug-likeness (QED) is 0.123. The molecule has 35 nitrogen and oxygen atoms in total. The van der Waals surface area contributed by atoms with Crippen molar-refractivity contribution in [2.24, 2.45) is 0 Å². The van der Waals surface area contributed by atoms with Crippen LogP contribution in [-0.4, -0.2) is 178 Å². The summed E-state index contributed by atoms with van der Waals surface area (Å²) in [5.41, 5.74) is 14.5. The molecule has 0 fully saturated rings. The fourth-order valence-corrected chi connectivity index (χ4v) is 13.1. The minimum absolute atomic E-state index is 0.0293. The van der Waals surface area contributed by atoms with Crippen molar-refractivity contribution >= 4 is 16.5 Å². The van der Waals surface area contributed by atoms with Gasteiger partial charge < -0.3 is 9.64 Å². The van der Waals surface area contributed by atoms with Crippen molar-refractivity contribution < 1.29 is 4.74 Å². The normalized spacial score (nSPS) is 11.7. The molecule has 17 heterocycles. The van der Waals surface area contributed by atoms with Crippen molar-refractivity contribution in [1.29, 1.82) is 0 Å². The molecule has 0 unspecified atom stereocenters. The van der Waals surface area contributed by atoms with E-state index in [1.54, 1.807) is 163 Å². The Hall–Kier alpha value is -14.8. The fraction of sp³-hybridized carbons (Fsp3) is 0.441. The summed E-state index contributed by atoms with van der Waals surface area (Å²) in [5.74, 6) is 6.68. The van der Waals surface area contributed by atoms with E-state index in [1.165, 1.54) is 16.3 Å². The minimum atomic E-state index is -0.106. The molecule has 0 amide bonds. The van der Waals surface area contributed by atoms with Crippen LogP contribution in [0.1, 0.15) is 300 Å². The molecule has 17 rings (SSSR count). The van der Waals surface area contributed by atoms with Crippen molar-refractivity contribution in [3.8, 4) is 46.6 Å². The number of pyridine rings is 1. The Morgan fingerprint density at radius 3 is 1.07 bits per heavy atom. The smallest absolute Gasteiger partial charge is 0.256 e. The van der Waals surface area contributed by atoms with E-state index in [1.807, 2.05) is 135 Å². The lowest BCUT2D eigenvalue weighted by molar-refractivity contribution is 0.389. The summed E-state index contributed by atoms with van der Waals surface area (Å²) < 4.78 is 17.2. The lowest BCUT2D eigenvalue weighted by Crippen LogP contribution is -2.19. The lowest BCUT2D eigenvalue weighted by Gasteiger charge is -2.17. The first kappa shape index (κ1) is 117. The van der Waals surface area contributed by atoms with Gasteiger partial charge in [-0.05, 0) is 65.3 Å². The van der Waals surface area contributed by atoms with Gasteiger partial charge in [0.2, 0.25) is 5.88 Å². The van der Waals surface area contributed by atoms with E-state index in [4.69, 9.17) is 4.74 Å². The first-order chi connectivity index (χ1) is 68.5. The SMILES string of the molecule is CC(C)(C)c1cnc(-n2ccccc2=O)cn1.CC(C)(C)c1cnc(-n2cccn2)cn1.CC(C)(C)c1cnc(-n2ccnc2)cn1.CCN(C)c1nc(C(C)(C)C)cs1.COc1cncc(C(C)(C)C)n1.Cc1ccn(-c2cnc(C(C)(C)C)cn2)n1.Cc1cn(-c2cnc(C(C)(C)C)cn2)cn1.Cc1cncc(C(C)(C)C)n1.Cc1cnn(-c2cnc(C(C)(C)C)cn2)c1.Cc1nccn1-c1cnc(C(C)(C)C)cn1. The molecule has 0 bridgehead atoms. The highest BCUT2D eigenvalue weighted by atomic mass is 32.1. The molecule has 0 radical (unpaired) electrons. The predicted molar refractivity (Wildman–Crippen MR) is 585 cm³/mol. The Morgan fingerprint density at radius 1 is 0.313 bits per heavy atom. The maximum absolute atomic E-state index is 11.6. The fourth-order valence-electron chi connectivity index (χ4n) is 12.0. The molecule has 780 valence electrons. The molecule has 0 aliphatic rings. The highest BCUT2D eigenvalue weighted by Gasteiger charge is 2.25. The Morgan fingerprint density at radius 2 is 0.735 bits per heavy atom. The molecule has 17 aromatic rings. The van der Waals surface area contributed by atoms with Gasteiger partial charge in [0, 0.05) is 160 Å². The standard InChI is InChI=1S/C13H15N3O.4C12H16N4.2C11H14N4.C10H18N2S.C9H14N2O.C9H14N2/c1-13(2,3)10-8-15-11(9-14-10)16-7-5-4-6-12(16)17;1-9-7-16(8-15-9)11-6-13-10(5-14-11)12(2,3)4;1-9-5-15-16(8-9)11-7-13-10(6-14-11)12(2,3)4;1-9-13-5-6-16(9)11-8-14-10(7-15-11)12(2,3)4;1-9-5-6-16(15-9)11-8-13-10(7-14-11)12(2,3)4;1-11(2,3)9-6-14-10(7-13-9)15-5-4-12-8-15;1-11(2,3)9-7-13-10(8-12-9)15-6-4-5-14-15;1-6-12(5)9-11-8(7-13-9)10(2,3)4;1-9(2,3)7-5-10-6-8(11-7)12-4;1-7-5-10-6-8(11-7)9(2,3)4/h4-9H,1-3H3;4*5-8H,1-4H3;2*4-8H,1-3H3;7H,6H2,1-5H3;5-6H,1-4H3;5-6H,1-4H3. The number of aryl methyl sites for hydroxylation is 5. The third-order valence-electron chi connectivity index (χ3n) is 21.6. The molecule has 0 saturated carbocycles. The summed E-state index contributed by atoms with van der Waals surface area (Å²) >= 11 is 1.72. The number of methoxy groups -OCH3 is 1. The molecule has 147 heavy (non-hydrogen) atoms. The maximum atomic E-state index is 11.6. The molecular weight excluding hydrogens is 1860 g/mol. The molecule has 0 aromatic carbocycles. The summed E-state index contributed by atoms with van der Waals surface area (Å²) in [5, 5.41) is 15.8. The van der Waals surface area contributed by atoms with Crippen molar-refractivity contribution in [3.63, 3.8) is 0 Å². The van der Waals surface area contributed by atoms with E-state index in [0.717, 1.165) is 126 Å². The van der Waals surface area contributed by atoms with E-state index in [2.05, 4.69) is 357 Å². The number of hydrogen-bond donors (Lipinski definition) is 0. The van der Waals surface area contributed by atoms with Crippen LogP contribution in [0.15, 0.2) is 233 Å². The largest absolute Gasteiger partial charge is 0.480 e. The number of rotatable bonds is 10. The van der Waals surface area contributed by atoms with Gasteiger partial charge in [-0.25, -0.2) is 73.9 Å². The van der Waals surface area contributed by atoms with Crippen molar-refractivity contribution in [3.05, 3.63) is 324 Å². The second-order valence-electron chi connectivity index (χ2n) is 45.3. The maximum Gasteiger partial charge on any atom is 0.256 e. The number of ether oxygens (including phenoxy) is 1. The molecule has 0 aliphatic heterocycles. The predicted octanol–water partition coefficient (Wildman–Crippen LogP) is 21.7. The van der Waals surface area contributed by atoms with Gasteiger partial charge in [-0.1, -0.05) is 214 Å². The lowest BCUT2D eigenvalue weighted by atomic mass is 9.93. The Balaban J connectivity index is 0.000000200. The van der Waals surface area contributed by atoms with Crippen LogP contribution in [-0.2, 0) is 54.1 Å². The Kier molecular flexibility index (Phi) is 40.6. The number of thiazole rings is 1. The second kappa shape index (κ2) is 50.8. The van der Waals surface area contributed by atoms with E-state index in [9.17, 15) is 4.79 Å². The third-order valence-corrected chi connectivity index (χ3v) is 22.5. The first-order valence-electron chi connectivity index (χ1n) is 48.8. The van der Waals surface area contributed by atoms with Crippen LogP contribution in [0.4, 0.5) is 5.13 Å². The van der Waals surface area contributed by atoms with Crippen LogP contribution < -0.4 is 15.2 Å². The molecule has 0 spiro atoms. The molecule has 0 atom stereocenters. The van der Waals surface area contributed by atoms with Crippen molar-refractivity contribution in [2.75, 3.05) is 25.6 Å². The molecular formula is C111H153N33O2S. The van der Waals surface area contributed by atoms with E-state index < -0.39 is 0 Å². The topological polar surface area (TPSA) is 386 Å². The number of imidazole rings is 3. The van der Waals surface area contributed by atoms with Gasteiger partial charge in [0.05, 0.1) is 180 Å². The summed E-state index contributed by atoms with van der Waals surface area (Å²) in [6.45, 7) is 76.6. The van der Waals surface area contributed by atoms with E-state index >= 15 is 0 Å². The first-order valence-corrected chi connectivity index (χ1v) is 49.7. The van der Waals surface area contributed by atoms with Crippen molar-refractivity contribution in [2.45, 2.75) is 303 Å². The van der Waals surface area contributed by atoms with Gasteiger partial charge in [-0.15, -0.1) is 11.3 Å². The van der Waals surface area contributed by atoms with Crippen LogP contribution >= 0.6 is 11.3 Å². The zero-order valence-electron chi connectivity index (χ0n) is 93.6. The summed E-state index contributed by atoms with van der Waals surface area (Å²) in [4.78, 5) is 109. The molecule has 0 saturated heterocycles. The van der Waals surface area contributed by atoms with Crippen molar-refractivity contribution in [1.82, 2.24) is 157 Å². The van der Waals surface area contributed by atoms with Gasteiger partial charge in [0.1, 0.15) is 18.5 Å². The second-order valence-corrected chi connectivity index (χ2v) is 46.1. The number of anilines is 1. The van der Waals surface area contributed by atoms with Crippen LogP contribution in [0.5, 0.6) is 5.88 Å². The van der Waals surface area contributed by atoms with Gasteiger partial charge in [0.15, 0.2) is 45.9 Å². The summed E-state index contributed by atoms with van der Waals surface area (Å²) in [6, 6.07) is 8.80. The monoisotopic (exact) mass is 2010 g/mol. The van der Waals surface area contributed by atoms with Crippen LogP contribution in [0, 0.1) is 34.6 Å². The molecule has 0 N–H and O–H groups in total. The molecule has 17 aromatic heterocycles. The van der Waals surface area contributed by atoms with Crippen LogP contribution in [0.25, 0.3) is 40.7 Å². The van der Waals surface area contributed by atoms with E-state index in [0.29, 0.717) is 11.7 Å². The Bertz CT molecular complexity index is 6520. The number of hydrogen-bond acceptors (Lipinski definition) is 29. The molecule has 36 heteroatoms. The van der Waals surface area contributed by atoms with Gasteiger partial charge in [-0.2, -0.15) is 15.3 Å². The summed E-state index contributed by atoms with van der Waals surface area (Å²) in [7, 11) is 3.67. The van der Waals surface area contributed by atoms with Crippen LogP contribution in [0.2, 0.25) is 0 Å².